The van der Waals surface area contributed by atoms with Gasteiger partial charge in [-0.3, -0.25) is 19.4 Å². The number of amides is 1. The average molecular weight is 597 g/mol. The highest BCUT2D eigenvalue weighted by Gasteiger charge is 2.56. The molecular weight excluding hydrogens is 570 g/mol. The number of nitrogens with zero attached hydrogens (tertiary/aromatic N) is 4. The van der Waals surface area contributed by atoms with Crippen LogP contribution in [0.4, 0.5) is 4.39 Å². The van der Waals surface area contributed by atoms with Gasteiger partial charge in [-0.1, -0.05) is 35.3 Å². The molecule has 8 nitrogen and oxygen atoms in total. The second-order valence-corrected chi connectivity index (χ2v) is 11.8. The van der Waals surface area contributed by atoms with Crippen LogP contribution in [0.5, 0.6) is 0 Å². The normalized spacial score (nSPS) is 20.7. The summed E-state index contributed by atoms with van der Waals surface area (Å²) in [6.07, 6.45) is 5.63. The van der Waals surface area contributed by atoms with Gasteiger partial charge in [-0.2, -0.15) is 5.10 Å². The van der Waals surface area contributed by atoms with Crippen LogP contribution in [0.3, 0.4) is 0 Å². The Kier molecular flexibility index (Phi) is 6.71. The quantitative estimate of drug-likeness (QED) is 0.299. The lowest BCUT2D eigenvalue weighted by atomic mass is 9.85. The molecule has 11 heteroatoms. The van der Waals surface area contributed by atoms with E-state index in [1.807, 2.05) is 0 Å². The summed E-state index contributed by atoms with van der Waals surface area (Å²) in [5.74, 6) is -1.28. The molecule has 0 spiro atoms. The van der Waals surface area contributed by atoms with Crippen LogP contribution >= 0.6 is 23.2 Å². The summed E-state index contributed by atoms with van der Waals surface area (Å²) < 4.78 is 24.5. The topological polar surface area (TPSA) is 101 Å². The lowest BCUT2D eigenvalue weighted by molar-refractivity contribution is -0.139. The number of carbonyl (C=O) groups excluding carboxylic acids is 1. The third-order valence-electron chi connectivity index (χ3n) is 7.84. The van der Waals surface area contributed by atoms with E-state index in [2.05, 4.69) is 10.1 Å². The summed E-state index contributed by atoms with van der Waals surface area (Å²) in [6.45, 7) is 1.33. The molecule has 0 bridgehead atoms. The molecule has 0 saturated heterocycles. The second kappa shape index (κ2) is 9.89. The van der Waals surface area contributed by atoms with E-state index in [0.29, 0.717) is 39.7 Å². The van der Waals surface area contributed by atoms with Gasteiger partial charge >= 0.3 is 0 Å². The molecule has 0 radical (unpaired) electrons. The summed E-state index contributed by atoms with van der Waals surface area (Å²) in [7, 11) is 1.71. The van der Waals surface area contributed by atoms with E-state index in [1.54, 1.807) is 49.6 Å². The highest BCUT2D eigenvalue weighted by Crippen LogP contribution is 2.50. The molecule has 2 atom stereocenters. The molecule has 1 aliphatic carbocycles. The number of rotatable bonds is 8. The molecule has 1 unspecified atom stereocenters. The second-order valence-electron chi connectivity index (χ2n) is 10.9. The minimum absolute atomic E-state index is 0.0197. The number of aliphatic hydroxyl groups is 2. The fourth-order valence-corrected chi connectivity index (χ4v) is 5.48. The van der Waals surface area contributed by atoms with Crippen LogP contribution in [0.1, 0.15) is 58.1 Å². The summed E-state index contributed by atoms with van der Waals surface area (Å²) in [6, 6.07) is 12.6. The highest BCUT2D eigenvalue weighted by atomic mass is 35.5. The van der Waals surface area contributed by atoms with E-state index in [1.165, 1.54) is 41.0 Å². The minimum Gasteiger partial charge on any atom is -0.387 e. The summed E-state index contributed by atoms with van der Waals surface area (Å²) in [4.78, 5) is 20.0. The van der Waals surface area contributed by atoms with E-state index in [4.69, 9.17) is 27.9 Å². The molecule has 2 N–H and O–H groups in total. The van der Waals surface area contributed by atoms with Crippen molar-refractivity contribution in [2.45, 2.75) is 43.2 Å². The Labute approximate surface area is 245 Å². The van der Waals surface area contributed by atoms with Crippen molar-refractivity contribution in [3.8, 4) is 0 Å². The molecule has 2 aromatic carbocycles. The van der Waals surface area contributed by atoms with Crippen molar-refractivity contribution in [1.82, 2.24) is 19.7 Å². The van der Waals surface area contributed by atoms with Crippen LogP contribution in [0.2, 0.25) is 10.0 Å². The minimum atomic E-state index is -1.76. The third-order valence-corrected chi connectivity index (χ3v) is 8.31. The molecule has 1 aliphatic heterocycles. The Morgan fingerprint density at radius 3 is 2.39 bits per heavy atom. The van der Waals surface area contributed by atoms with E-state index in [9.17, 15) is 15.0 Å². The zero-order valence-corrected chi connectivity index (χ0v) is 23.8. The SMILES string of the molecule is Cn1cc(C(C)(O)c2cc(F)c3c(c2)C(=O)N(Cc2ccc(Cl)cn2)[C@@]3(OCC2(O)CC2)c2ccc(Cl)cc2)cn1. The first kappa shape index (κ1) is 27.8. The van der Waals surface area contributed by atoms with Crippen LogP contribution in [-0.4, -0.2) is 48.0 Å². The van der Waals surface area contributed by atoms with E-state index < -0.39 is 28.7 Å². The Morgan fingerprint density at radius 2 is 1.78 bits per heavy atom. The van der Waals surface area contributed by atoms with Crippen LogP contribution in [0.25, 0.3) is 0 Å². The highest BCUT2D eigenvalue weighted by molar-refractivity contribution is 6.30. The largest absolute Gasteiger partial charge is 0.387 e. The van der Waals surface area contributed by atoms with E-state index in [-0.39, 0.29) is 29.8 Å². The maximum absolute atomic E-state index is 16.5. The van der Waals surface area contributed by atoms with E-state index >= 15 is 4.39 Å². The molecule has 41 heavy (non-hydrogen) atoms. The number of hydrogen-bond donors (Lipinski definition) is 2. The standard InChI is InChI=1S/C30H27Cl2FN4O4/c1-28(39,20-13-35-36(2)15-20)19-11-24-26(25(33)12-19)30(41-17-29(40)9-10-29,18-3-5-21(31)6-4-18)37(27(24)38)16-23-8-7-22(32)14-34-23/h3-8,11-15,39-40H,9-10,16-17H2,1-2H3/t28?,30-/m1/s1. The molecule has 2 aliphatic rings. The first-order valence-corrected chi connectivity index (χ1v) is 13.8. The molecule has 2 aromatic heterocycles. The number of carbonyl (C=O) groups is 1. The van der Waals surface area contributed by atoms with Crippen molar-refractivity contribution in [1.29, 1.82) is 0 Å². The molecular formula is C30H27Cl2FN4O4. The van der Waals surface area contributed by atoms with Crippen molar-refractivity contribution in [2.75, 3.05) is 6.61 Å². The number of hydrogen-bond acceptors (Lipinski definition) is 6. The summed E-state index contributed by atoms with van der Waals surface area (Å²) in [5.41, 5.74) is -2.94. The average Bonchev–Trinajstić information content (AvgIpc) is 3.42. The monoisotopic (exact) mass is 596 g/mol. The summed E-state index contributed by atoms with van der Waals surface area (Å²) >= 11 is 12.3. The number of benzene rings is 2. The van der Waals surface area contributed by atoms with Crippen LogP contribution < -0.4 is 0 Å². The van der Waals surface area contributed by atoms with Gasteiger partial charge in [0.15, 0.2) is 5.72 Å². The Bertz CT molecular complexity index is 1640. The molecule has 212 valence electrons. The lowest BCUT2D eigenvalue weighted by Crippen LogP contribution is -2.48. The zero-order valence-electron chi connectivity index (χ0n) is 22.3. The van der Waals surface area contributed by atoms with Crippen LogP contribution in [0.15, 0.2) is 67.1 Å². The number of pyridine rings is 1. The maximum atomic E-state index is 16.5. The number of ether oxygens (including phenoxy) is 1. The van der Waals surface area contributed by atoms with Gasteiger partial charge < -0.3 is 14.9 Å². The van der Waals surface area contributed by atoms with E-state index in [0.717, 1.165) is 0 Å². The number of aryl methyl sites for hydroxylation is 1. The predicted octanol–water partition coefficient (Wildman–Crippen LogP) is 4.92. The zero-order chi connectivity index (χ0) is 29.2. The predicted molar refractivity (Wildman–Crippen MR) is 150 cm³/mol. The molecule has 1 saturated carbocycles. The van der Waals surface area contributed by atoms with Crippen LogP contribution in [0, 0.1) is 5.82 Å². The Morgan fingerprint density at radius 1 is 1.07 bits per heavy atom. The first-order valence-electron chi connectivity index (χ1n) is 13.0. The van der Waals surface area contributed by atoms with Gasteiger partial charge in [-0.25, -0.2) is 4.39 Å². The molecule has 4 aromatic rings. The fourth-order valence-electron chi connectivity index (χ4n) is 5.25. The molecule has 1 amide bonds. The van der Waals surface area contributed by atoms with Gasteiger partial charge in [-0.15, -0.1) is 0 Å². The van der Waals surface area contributed by atoms with Gasteiger partial charge in [0.05, 0.1) is 46.8 Å². The van der Waals surface area contributed by atoms with Gasteiger partial charge in [0, 0.05) is 35.6 Å². The smallest absolute Gasteiger partial charge is 0.257 e. The van der Waals surface area contributed by atoms with Crippen molar-refractivity contribution in [3.05, 3.63) is 116 Å². The molecule has 6 rings (SSSR count). The first-order chi connectivity index (χ1) is 19.4. The number of fused-ring (bicyclic) bond motifs is 1. The van der Waals surface area contributed by atoms with Gasteiger partial charge in [0.25, 0.3) is 5.91 Å². The maximum Gasteiger partial charge on any atom is 0.257 e. The Hall–Kier alpha value is -3.34. The lowest BCUT2D eigenvalue weighted by Gasteiger charge is -2.40. The fraction of sp³-hybridized carbons (Fsp3) is 0.300. The van der Waals surface area contributed by atoms with Crippen molar-refractivity contribution in [2.24, 2.45) is 7.05 Å². The van der Waals surface area contributed by atoms with Gasteiger partial charge in [0.1, 0.15) is 11.4 Å². The van der Waals surface area contributed by atoms with Crippen molar-refractivity contribution < 1.29 is 24.1 Å². The van der Waals surface area contributed by atoms with Crippen molar-refractivity contribution >= 4 is 29.1 Å². The van der Waals surface area contributed by atoms with Gasteiger partial charge in [0.2, 0.25) is 0 Å². The van der Waals surface area contributed by atoms with Crippen LogP contribution in [-0.2, 0) is 29.7 Å². The summed E-state index contributed by atoms with van der Waals surface area (Å²) in [5, 5.41) is 27.2. The van der Waals surface area contributed by atoms with Gasteiger partial charge in [-0.05, 0) is 61.7 Å². The number of aromatic nitrogens is 3. The Balaban J connectivity index is 1.56. The molecule has 1 fully saturated rings. The molecule has 3 heterocycles. The van der Waals surface area contributed by atoms with Crippen molar-refractivity contribution in [3.63, 3.8) is 0 Å². The third kappa shape index (κ3) is 4.81. The number of halogens is 3.